The van der Waals surface area contributed by atoms with Gasteiger partial charge in [-0.05, 0) is 35.0 Å². The number of nitrogens with one attached hydrogen (secondary N) is 1. The first kappa shape index (κ1) is 11.4. The summed E-state index contributed by atoms with van der Waals surface area (Å²) in [5.41, 5.74) is 1.04. The topological polar surface area (TPSA) is 49.0 Å². The highest BCUT2D eigenvalue weighted by molar-refractivity contribution is 5.85. The maximum absolute atomic E-state index is 8.69. The fourth-order valence-corrected chi connectivity index (χ4v) is 2.02. The molecule has 3 heteroatoms. The van der Waals surface area contributed by atoms with Gasteiger partial charge in [0.2, 0.25) is 5.76 Å². The van der Waals surface area contributed by atoms with Crippen LogP contribution in [0.4, 0.5) is 5.69 Å². The minimum Gasteiger partial charge on any atom is -0.449 e. The standard InChI is InChI=1S/C16H12N2O/c17-10-15-7-8-16(19-15)11-18-14-6-5-12-3-1-2-4-13(12)9-14/h1-9,18H,11H2. The summed E-state index contributed by atoms with van der Waals surface area (Å²) in [6, 6.07) is 19.9. The molecule has 0 aliphatic rings. The number of hydrogen-bond donors (Lipinski definition) is 1. The van der Waals surface area contributed by atoms with Gasteiger partial charge in [-0.1, -0.05) is 30.3 Å². The van der Waals surface area contributed by atoms with Crippen molar-refractivity contribution in [2.75, 3.05) is 5.32 Å². The number of fused-ring (bicyclic) bond motifs is 1. The van der Waals surface area contributed by atoms with Gasteiger partial charge in [0.1, 0.15) is 11.8 Å². The molecule has 0 saturated carbocycles. The Kier molecular flexibility index (Phi) is 2.91. The van der Waals surface area contributed by atoms with E-state index in [0.29, 0.717) is 12.3 Å². The monoisotopic (exact) mass is 248 g/mol. The van der Waals surface area contributed by atoms with Crippen LogP contribution in [0.2, 0.25) is 0 Å². The van der Waals surface area contributed by atoms with Crippen LogP contribution < -0.4 is 5.32 Å². The summed E-state index contributed by atoms with van der Waals surface area (Å²) in [5, 5.41) is 14.4. The third-order valence-corrected chi connectivity index (χ3v) is 2.99. The van der Waals surface area contributed by atoms with Gasteiger partial charge >= 0.3 is 0 Å². The van der Waals surface area contributed by atoms with E-state index in [-0.39, 0.29) is 0 Å². The molecule has 0 radical (unpaired) electrons. The number of rotatable bonds is 3. The molecule has 3 rings (SSSR count). The average Bonchev–Trinajstić information content (AvgIpc) is 2.93. The highest BCUT2D eigenvalue weighted by atomic mass is 16.3. The van der Waals surface area contributed by atoms with Gasteiger partial charge in [0.05, 0.1) is 6.54 Å². The van der Waals surface area contributed by atoms with Crippen LogP contribution in [0.5, 0.6) is 0 Å². The second-order valence-corrected chi connectivity index (χ2v) is 4.29. The predicted octanol–water partition coefficient (Wildman–Crippen LogP) is 3.92. The van der Waals surface area contributed by atoms with Gasteiger partial charge in [-0.2, -0.15) is 5.26 Å². The first-order chi connectivity index (χ1) is 9.35. The minimum absolute atomic E-state index is 0.343. The van der Waals surface area contributed by atoms with Crippen LogP contribution in [-0.4, -0.2) is 0 Å². The molecule has 19 heavy (non-hydrogen) atoms. The quantitative estimate of drug-likeness (QED) is 0.764. The largest absolute Gasteiger partial charge is 0.449 e. The zero-order valence-electron chi connectivity index (χ0n) is 10.3. The van der Waals surface area contributed by atoms with Crippen LogP contribution in [0.15, 0.2) is 59.0 Å². The number of nitriles is 1. The van der Waals surface area contributed by atoms with Crippen molar-refractivity contribution in [1.82, 2.24) is 0 Å². The van der Waals surface area contributed by atoms with Crippen LogP contribution in [0, 0.1) is 11.3 Å². The maximum atomic E-state index is 8.69. The van der Waals surface area contributed by atoms with E-state index < -0.39 is 0 Å². The summed E-state index contributed by atoms with van der Waals surface area (Å²) >= 11 is 0. The van der Waals surface area contributed by atoms with E-state index in [1.54, 1.807) is 6.07 Å². The van der Waals surface area contributed by atoms with E-state index in [1.807, 2.05) is 30.3 Å². The molecule has 3 aromatic rings. The lowest BCUT2D eigenvalue weighted by Gasteiger charge is -2.05. The van der Waals surface area contributed by atoms with E-state index >= 15 is 0 Å². The molecule has 1 N–H and O–H groups in total. The summed E-state index contributed by atoms with van der Waals surface area (Å²) in [6.07, 6.45) is 0. The van der Waals surface area contributed by atoms with Gasteiger partial charge in [0.15, 0.2) is 0 Å². The molecule has 0 unspecified atom stereocenters. The molecule has 3 nitrogen and oxygen atoms in total. The number of anilines is 1. The van der Waals surface area contributed by atoms with Gasteiger partial charge in [0.25, 0.3) is 0 Å². The van der Waals surface area contributed by atoms with Crippen LogP contribution >= 0.6 is 0 Å². The number of furan rings is 1. The third-order valence-electron chi connectivity index (χ3n) is 2.99. The van der Waals surface area contributed by atoms with Gasteiger partial charge in [-0.25, -0.2) is 0 Å². The maximum Gasteiger partial charge on any atom is 0.203 e. The predicted molar refractivity (Wildman–Crippen MR) is 74.7 cm³/mol. The minimum atomic E-state index is 0.343. The van der Waals surface area contributed by atoms with Gasteiger partial charge in [0, 0.05) is 5.69 Å². The van der Waals surface area contributed by atoms with Gasteiger partial charge < -0.3 is 9.73 Å². The van der Waals surface area contributed by atoms with Crippen molar-refractivity contribution in [2.45, 2.75) is 6.54 Å². The Morgan fingerprint density at radius 1 is 1.00 bits per heavy atom. The lowest BCUT2D eigenvalue weighted by Crippen LogP contribution is -1.97. The van der Waals surface area contributed by atoms with Crippen molar-refractivity contribution in [2.24, 2.45) is 0 Å². The molecule has 0 bridgehead atoms. The van der Waals surface area contributed by atoms with E-state index in [4.69, 9.17) is 9.68 Å². The second-order valence-electron chi connectivity index (χ2n) is 4.29. The number of benzene rings is 2. The average molecular weight is 248 g/mol. The smallest absolute Gasteiger partial charge is 0.203 e. The summed E-state index contributed by atoms with van der Waals surface area (Å²) in [6.45, 7) is 0.569. The first-order valence-electron chi connectivity index (χ1n) is 6.07. The molecule has 1 aromatic heterocycles. The second kappa shape index (κ2) is 4.87. The van der Waals surface area contributed by atoms with Crippen molar-refractivity contribution in [3.8, 4) is 6.07 Å². The molecule has 0 spiro atoms. The summed E-state index contributed by atoms with van der Waals surface area (Å²) < 4.78 is 5.32. The normalized spacial score (nSPS) is 10.3. The van der Waals surface area contributed by atoms with Crippen molar-refractivity contribution in [1.29, 1.82) is 5.26 Å². The Bertz CT molecular complexity index is 753. The molecule has 0 fully saturated rings. The van der Waals surface area contributed by atoms with E-state index in [2.05, 4.69) is 29.6 Å². The molecular weight excluding hydrogens is 236 g/mol. The van der Waals surface area contributed by atoms with E-state index in [9.17, 15) is 0 Å². The third kappa shape index (κ3) is 2.43. The Morgan fingerprint density at radius 2 is 1.84 bits per heavy atom. The van der Waals surface area contributed by atoms with Crippen LogP contribution in [0.25, 0.3) is 10.8 Å². The highest BCUT2D eigenvalue weighted by Gasteiger charge is 2.01. The van der Waals surface area contributed by atoms with Crippen molar-refractivity contribution >= 4 is 16.5 Å². The molecule has 92 valence electrons. The van der Waals surface area contributed by atoms with Gasteiger partial charge in [-0.3, -0.25) is 0 Å². The number of hydrogen-bond acceptors (Lipinski definition) is 3. The summed E-state index contributed by atoms with van der Waals surface area (Å²) in [7, 11) is 0. The molecule has 2 aromatic carbocycles. The zero-order chi connectivity index (χ0) is 13.1. The van der Waals surface area contributed by atoms with Crippen molar-refractivity contribution in [3.05, 3.63) is 66.1 Å². The SMILES string of the molecule is N#Cc1ccc(CNc2ccc3ccccc3c2)o1. The summed E-state index contributed by atoms with van der Waals surface area (Å²) in [5.74, 6) is 1.10. The summed E-state index contributed by atoms with van der Waals surface area (Å²) in [4.78, 5) is 0. The number of nitrogens with zero attached hydrogens (tertiary/aromatic N) is 1. The van der Waals surface area contributed by atoms with E-state index in [1.165, 1.54) is 10.8 Å². The highest BCUT2D eigenvalue weighted by Crippen LogP contribution is 2.19. The van der Waals surface area contributed by atoms with Crippen molar-refractivity contribution < 1.29 is 4.42 Å². The Labute approximate surface area is 111 Å². The van der Waals surface area contributed by atoms with Gasteiger partial charge in [-0.15, -0.1) is 0 Å². The van der Waals surface area contributed by atoms with Crippen LogP contribution in [0.1, 0.15) is 11.5 Å². The Hall–Kier alpha value is -2.73. The fourth-order valence-electron chi connectivity index (χ4n) is 2.02. The molecule has 0 aliphatic carbocycles. The zero-order valence-corrected chi connectivity index (χ0v) is 10.3. The lowest BCUT2D eigenvalue weighted by molar-refractivity contribution is 0.506. The molecule has 0 atom stereocenters. The molecule has 0 aliphatic heterocycles. The Morgan fingerprint density at radius 3 is 2.63 bits per heavy atom. The first-order valence-corrected chi connectivity index (χ1v) is 6.07. The molecule has 1 heterocycles. The van der Waals surface area contributed by atoms with Crippen molar-refractivity contribution in [3.63, 3.8) is 0 Å². The van der Waals surface area contributed by atoms with Crippen LogP contribution in [-0.2, 0) is 6.54 Å². The van der Waals surface area contributed by atoms with Crippen LogP contribution in [0.3, 0.4) is 0 Å². The molecule has 0 saturated heterocycles. The molecular formula is C16H12N2O. The lowest BCUT2D eigenvalue weighted by atomic mass is 10.1. The fraction of sp³-hybridized carbons (Fsp3) is 0.0625. The Balaban J connectivity index is 1.76. The van der Waals surface area contributed by atoms with E-state index in [0.717, 1.165) is 11.4 Å². The molecule has 0 amide bonds.